The summed E-state index contributed by atoms with van der Waals surface area (Å²) in [6, 6.07) is 2.46. The van der Waals surface area contributed by atoms with Gasteiger partial charge in [0.1, 0.15) is 13.2 Å². The van der Waals surface area contributed by atoms with Crippen LogP contribution in [0.2, 0.25) is 5.02 Å². The normalized spacial score (nSPS) is 21.8. The van der Waals surface area contributed by atoms with Crippen molar-refractivity contribution < 1.29 is 9.47 Å². The molecule has 1 unspecified atom stereocenters. The molecule has 2 aliphatic rings. The van der Waals surface area contributed by atoms with Crippen LogP contribution in [-0.4, -0.2) is 25.8 Å². The van der Waals surface area contributed by atoms with Gasteiger partial charge in [-0.1, -0.05) is 24.9 Å². The van der Waals surface area contributed by atoms with Crippen LogP contribution in [0.3, 0.4) is 0 Å². The Morgan fingerprint density at radius 1 is 1.25 bits per heavy atom. The van der Waals surface area contributed by atoms with E-state index in [1.165, 1.54) is 30.4 Å². The van der Waals surface area contributed by atoms with E-state index >= 15 is 0 Å². The highest BCUT2D eigenvalue weighted by Crippen LogP contribution is 2.41. The Labute approximate surface area is 125 Å². The third-order valence-electron chi connectivity index (χ3n) is 4.21. The molecule has 0 bridgehead atoms. The molecule has 0 radical (unpaired) electrons. The monoisotopic (exact) mass is 295 g/mol. The summed E-state index contributed by atoms with van der Waals surface area (Å²) < 4.78 is 11.5. The van der Waals surface area contributed by atoms with E-state index in [1.54, 1.807) is 0 Å². The first kappa shape index (κ1) is 14.0. The van der Waals surface area contributed by atoms with Gasteiger partial charge in [-0.15, -0.1) is 0 Å². The maximum absolute atomic E-state index is 6.50. The molecule has 0 saturated carbocycles. The fraction of sp³-hybridized carbons (Fsp3) is 0.625. The van der Waals surface area contributed by atoms with E-state index in [4.69, 9.17) is 21.1 Å². The summed E-state index contributed by atoms with van der Waals surface area (Å²) in [6.07, 6.45) is 5.73. The van der Waals surface area contributed by atoms with Gasteiger partial charge in [-0.2, -0.15) is 0 Å². The topological polar surface area (TPSA) is 30.5 Å². The lowest BCUT2D eigenvalue weighted by molar-refractivity contribution is 0.169. The lowest BCUT2D eigenvalue weighted by atomic mass is 9.93. The number of hydrogen-bond donors (Lipinski definition) is 1. The fourth-order valence-electron chi connectivity index (χ4n) is 3.20. The maximum Gasteiger partial charge on any atom is 0.164 e. The zero-order valence-electron chi connectivity index (χ0n) is 12.0. The van der Waals surface area contributed by atoms with E-state index in [-0.39, 0.29) is 0 Å². The van der Waals surface area contributed by atoms with Crippen molar-refractivity contribution in [3.63, 3.8) is 0 Å². The van der Waals surface area contributed by atoms with Gasteiger partial charge in [-0.05, 0) is 37.8 Å². The molecule has 3 nitrogen and oxygen atoms in total. The Hall–Kier alpha value is -0.930. The van der Waals surface area contributed by atoms with Crippen molar-refractivity contribution in [2.24, 2.45) is 0 Å². The van der Waals surface area contributed by atoms with Gasteiger partial charge in [0.25, 0.3) is 0 Å². The standard InChI is InChI=1S/C16H22ClNO2/c1-2-12-13(9-11-5-3-4-6-18-11)14(17)10-15-16(12)20-8-7-19-15/h10-11,18H,2-9H2,1H3. The number of nitrogens with one attached hydrogen (secondary N) is 1. The third kappa shape index (κ3) is 2.75. The lowest BCUT2D eigenvalue weighted by Gasteiger charge is -2.27. The average molecular weight is 296 g/mol. The Bertz CT molecular complexity index is 484. The Balaban J connectivity index is 1.92. The number of benzene rings is 1. The first-order valence-electron chi connectivity index (χ1n) is 7.62. The number of fused-ring (bicyclic) bond motifs is 1. The Morgan fingerprint density at radius 3 is 2.85 bits per heavy atom. The number of hydrogen-bond acceptors (Lipinski definition) is 3. The number of piperidine rings is 1. The van der Waals surface area contributed by atoms with Crippen molar-refractivity contribution in [2.75, 3.05) is 19.8 Å². The van der Waals surface area contributed by atoms with E-state index in [9.17, 15) is 0 Å². The first-order valence-corrected chi connectivity index (χ1v) is 8.00. The molecule has 3 rings (SSSR count). The summed E-state index contributed by atoms with van der Waals surface area (Å²) in [5.74, 6) is 1.72. The smallest absolute Gasteiger partial charge is 0.164 e. The van der Waals surface area contributed by atoms with Gasteiger partial charge in [0.15, 0.2) is 11.5 Å². The summed E-state index contributed by atoms with van der Waals surface area (Å²) in [7, 11) is 0. The van der Waals surface area contributed by atoms with E-state index in [0.717, 1.165) is 35.9 Å². The first-order chi connectivity index (χ1) is 9.79. The fourth-order valence-corrected chi connectivity index (χ4v) is 3.49. The number of ether oxygens (including phenoxy) is 2. The second kappa shape index (κ2) is 6.23. The van der Waals surface area contributed by atoms with Gasteiger partial charge in [0.2, 0.25) is 0 Å². The molecular weight excluding hydrogens is 274 g/mol. The zero-order valence-corrected chi connectivity index (χ0v) is 12.8. The summed E-state index contributed by atoms with van der Waals surface area (Å²) >= 11 is 6.50. The van der Waals surface area contributed by atoms with Gasteiger partial charge in [0, 0.05) is 22.7 Å². The molecule has 4 heteroatoms. The minimum atomic E-state index is 0.536. The SMILES string of the molecule is CCc1c(CC2CCCCN2)c(Cl)cc2c1OCCO2. The molecule has 20 heavy (non-hydrogen) atoms. The molecule has 1 N–H and O–H groups in total. The molecule has 0 aromatic heterocycles. The highest BCUT2D eigenvalue weighted by molar-refractivity contribution is 6.31. The van der Waals surface area contributed by atoms with Gasteiger partial charge >= 0.3 is 0 Å². The van der Waals surface area contributed by atoms with E-state index < -0.39 is 0 Å². The van der Waals surface area contributed by atoms with Gasteiger partial charge in [-0.25, -0.2) is 0 Å². The minimum absolute atomic E-state index is 0.536. The zero-order chi connectivity index (χ0) is 13.9. The third-order valence-corrected chi connectivity index (χ3v) is 4.55. The van der Waals surface area contributed by atoms with Crippen molar-refractivity contribution in [1.82, 2.24) is 5.32 Å². The quantitative estimate of drug-likeness (QED) is 0.927. The van der Waals surface area contributed by atoms with Crippen LogP contribution in [0.5, 0.6) is 11.5 Å². The second-order valence-electron chi connectivity index (χ2n) is 5.54. The van der Waals surface area contributed by atoms with Crippen molar-refractivity contribution in [1.29, 1.82) is 0 Å². The van der Waals surface area contributed by atoms with Crippen LogP contribution in [-0.2, 0) is 12.8 Å². The van der Waals surface area contributed by atoms with Gasteiger partial charge in [0.05, 0.1) is 0 Å². The average Bonchev–Trinajstić information content (AvgIpc) is 2.49. The van der Waals surface area contributed by atoms with Gasteiger partial charge in [-0.3, -0.25) is 0 Å². The summed E-state index contributed by atoms with van der Waals surface area (Å²) in [5.41, 5.74) is 2.46. The van der Waals surface area contributed by atoms with Crippen LogP contribution in [0.1, 0.15) is 37.3 Å². The Morgan fingerprint density at radius 2 is 2.10 bits per heavy atom. The minimum Gasteiger partial charge on any atom is -0.486 e. The maximum atomic E-state index is 6.50. The van der Waals surface area contributed by atoms with E-state index in [2.05, 4.69) is 12.2 Å². The molecule has 1 atom stereocenters. The molecule has 1 aromatic rings. The predicted molar refractivity (Wildman–Crippen MR) is 81.2 cm³/mol. The molecule has 110 valence electrons. The predicted octanol–water partition coefficient (Wildman–Crippen LogP) is 3.36. The van der Waals surface area contributed by atoms with Gasteiger partial charge < -0.3 is 14.8 Å². The van der Waals surface area contributed by atoms with Crippen LogP contribution < -0.4 is 14.8 Å². The molecule has 1 aromatic carbocycles. The van der Waals surface area contributed by atoms with Crippen LogP contribution in [0.4, 0.5) is 0 Å². The molecule has 1 fully saturated rings. The summed E-state index contributed by atoms with van der Waals surface area (Å²) in [4.78, 5) is 0. The number of rotatable bonds is 3. The molecule has 2 aliphatic heterocycles. The van der Waals surface area contributed by atoms with Crippen LogP contribution in [0, 0.1) is 0 Å². The number of halogens is 1. The second-order valence-corrected chi connectivity index (χ2v) is 5.95. The van der Waals surface area contributed by atoms with Crippen molar-refractivity contribution in [3.05, 3.63) is 22.2 Å². The van der Waals surface area contributed by atoms with Crippen molar-refractivity contribution >= 4 is 11.6 Å². The van der Waals surface area contributed by atoms with E-state index in [1.807, 2.05) is 6.07 Å². The van der Waals surface area contributed by atoms with Crippen molar-refractivity contribution in [2.45, 2.75) is 45.1 Å². The lowest BCUT2D eigenvalue weighted by Crippen LogP contribution is -2.36. The van der Waals surface area contributed by atoms with Crippen molar-refractivity contribution in [3.8, 4) is 11.5 Å². The highest BCUT2D eigenvalue weighted by atomic mass is 35.5. The molecule has 0 aliphatic carbocycles. The molecular formula is C16H22ClNO2. The molecule has 0 amide bonds. The van der Waals surface area contributed by atoms with Crippen LogP contribution in [0.15, 0.2) is 6.07 Å². The highest BCUT2D eigenvalue weighted by Gasteiger charge is 2.23. The van der Waals surface area contributed by atoms with Crippen LogP contribution in [0.25, 0.3) is 0 Å². The summed E-state index contributed by atoms with van der Waals surface area (Å²) in [5, 5.41) is 4.41. The largest absolute Gasteiger partial charge is 0.486 e. The molecule has 2 heterocycles. The molecule has 1 saturated heterocycles. The summed E-state index contributed by atoms with van der Waals surface area (Å²) in [6.45, 7) is 4.51. The Kier molecular flexibility index (Phi) is 4.37. The van der Waals surface area contributed by atoms with E-state index in [0.29, 0.717) is 19.3 Å². The van der Waals surface area contributed by atoms with Crippen LogP contribution >= 0.6 is 11.6 Å². The molecule has 0 spiro atoms.